The second-order valence-electron chi connectivity index (χ2n) is 3.85. The van der Waals surface area contributed by atoms with Gasteiger partial charge in [0.05, 0.1) is 33.3 Å². The third-order valence-electron chi connectivity index (χ3n) is 2.58. The Balaban J connectivity index is 2.55. The van der Waals surface area contributed by atoms with Gasteiger partial charge in [-0.1, -0.05) is 18.2 Å². The number of nitrogens with zero attached hydrogens (tertiary/aromatic N) is 2. The van der Waals surface area contributed by atoms with E-state index in [4.69, 9.17) is 5.73 Å². The first kappa shape index (κ1) is 14.0. The largest absolute Gasteiger partial charge is 0.755 e. The molecule has 0 heterocycles. The number of nitrogens with two attached hydrogens (primary N) is 1. The van der Waals surface area contributed by atoms with Gasteiger partial charge in [-0.05, 0) is 18.2 Å². The van der Waals surface area contributed by atoms with Crippen LogP contribution >= 0.6 is 0 Å². The van der Waals surface area contributed by atoms with Gasteiger partial charge >= 0.3 is 0 Å². The standard InChI is InChI=1S/C12H11N3O4S/c13-11-6-1-2-7-12(11)14(20(18)19)9-4-3-5-10(8-9)15(16)17/h1-8H,13H2,(H,18,19)/p-1. The molecular weight excluding hydrogens is 282 g/mol. The Bertz CT molecular complexity index is 677. The molecule has 0 spiro atoms. The zero-order chi connectivity index (χ0) is 14.7. The van der Waals surface area contributed by atoms with Gasteiger partial charge in [-0.25, -0.2) is 0 Å². The molecule has 2 aromatic carbocycles. The van der Waals surface area contributed by atoms with Crippen LogP contribution in [-0.4, -0.2) is 13.7 Å². The molecule has 0 aromatic heterocycles. The van der Waals surface area contributed by atoms with Gasteiger partial charge in [-0.15, -0.1) is 0 Å². The quantitative estimate of drug-likeness (QED) is 0.401. The van der Waals surface area contributed by atoms with Crippen LogP contribution in [0.15, 0.2) is 48.5 Å². The summed E-state index contributed by atoms with van der Waals surface area (Å²) in [5.41, 5.74) is 6.18. The lowest BCUT2D eigenvalue weighted by atomic mass is 10.2. The molecule has 0 aliphatic rings. The second-order valence-corrected chi connectivity index (χ2v) is 4.65. The summed E-state index contributed by atoms with van der Waals surface area (Å²) < 4.78 is 23.8. The Labute approximate surface area is 117 Å². The average molecular weight is 292 g/mol. The fraction of sp³-hybridized carbons (Fsp3) is 0. The predicted octanol–water partition coefficient (Wildman–Crippen LogP) is 2.11. The first-order chi connectivity index (χ1) is 9.50. The smallest absolute Gasteiger partial charge is 0.271 e. The first-order valence-electron chi connectivity index (χ1n) is 5.49. The van der Waals surface area contributed by atoms with Gasteiger partial charge < -0.3 is 10.3 Å². The third kappa shape index (κ3) is 2.76. The molecule has 0 saturated carbocycles. The lowest BCUT2D eigenvalue weighted by molar-refractivity contribution is -0.384. The minimum atomic E-state index is -2.66. The van der Waals surface area contributed by atoms with Crippen molar-refractivity contribution in [2.45, 2.75) is 0 Å². The Morgan fingerprint density at radius 1 is 1.15 bits per heavy atom. The molecular formula is C12H10N3O4S-. The molecule has 0 aliphatic heterocycles. The topological polar surface area (TPSA) is 113 Å². The van der Waals surface area contributed by atoms with Crippen LogP contribution in [0.2, 0.25) is 0 Å². The van der Waals surface area contributed by atoms with Crippen molar-refractivity contribution in [3.63, 3.8) is 0 Å². The first-order valence-corrected chi connectivity index (χ1v) is 6.52. The van der Waals surface area contributed by atoms with Gasteiger partial charge in [0.15, 0.2) is 0 Å². The van der Waals surface area contributed by atoms with Crippen LogP contribution in [-0.2, 0) is 11.3 Å². The summed E-state index contributed by atoms with van der Waals surface area (Å²) in [6, 6.07) is 11.7. The highest BCUT2D eigenvalue weighted by Crippen LogP contribution is 2.32. The maximum absolute atomic E-state index is 11.4. The van der Waals surface area contributed by atoms with Crippen LogP contribution in [0.1, 0.15) is 0 Å². The van der Waals surface area contributed by atoms with E-state index in [1.165, 1.54) is 30.3 Å². The van der Waals surface area contributed by atoms with E-state index in [2.05, 4.69) is 0 Å². The molecule has 1 atom stereocenters. The fourth-order valence-corrected chi connectivity index (χ4v) is 2.32. The molecule has 2 aromatic rings. The zero-order valence-electron chi connectivity index (χ0n) is 10.1. The molecule has 0 aliphatic carbocycles. The van der Waals surface area contributed by atoms with Crippen LogP contribution in [0.25, 0.3) is 0 Å². The summed E-state index contributed by atoms with van der Waals surface area (Å²) in [6.45, 7) is 0. The molecule has 8 heteroatoms. The van der Waals surface area contributed by atoms with Gasteiger partial charge in [0.2, 0.25) is 0 Å². The maximum Gasteiger partial charge on any atom is 0.271 e. The summed E-state index contributed by atoms with van der Waals surface area (Å²) in [6.07, 6.45) is 0. The zero-order valence-corrected chi connectivity index (χ0v) is 10.9. The normalized spacial score (nSPS) is 11.8. The van der Waals surface area contributed by atoms with E-state index in [-0.39, 0.29) is 22.7 Å². The lowest BCUT2D eigenvalue weighted by Crippen LogP contribution is -2.20. The Morgan fingerprint density at radius 3 is 2.45 bits per heavy atom. The maximum atomic E-state index is 11.4. The summed E-state index contributed by atoms with van der Waals surface area (Å²) in [5, 5.41) is 10.8. The molecule has 2 rings (SSSR count). The summed E-state index contributed by atoms with van der Waals surface area (Å²) >= 11 is -2.66. The number of non-ortho nitro benzene ring substituents is 1. The van der Waals surface area contributed by atoms with E-state index in [9.17, 15) is 18.9 Å². The van der Waals surface area contributed by atoms with Crippen molar-refractivity contribution in [3.8, 4) is 0 Å². The molecule has 20 heavy (non-hydrogen) atoms. The summed E-state index contributed by atoms with van der Waals surface area (Å²) in [7, 11) is 0. The van der Waals surface area contributed by atoms with Crippen LogP contribution in [0, 0.1) is 10.1 Å². The number of nitrogen functional groups attached to an aromatic ring is 1. The van der Waals surface area contributed by atoms with Crippen molar-refractivity contribution in [2.75, 3.05) is 10.0 Å². The van der Waals surface area contributed by atoms with Crippen molar-refractivity contribution < 1.29 is 13.7 Å². The third-order valence-corrected chi connectivity index (χ3v) is 3.29. The monoisotopic (exact) mass is 292 g/mol. The van der Waals surface area contributed by atoms with E-state index >= 15 is 0 Å². The van der Waals surface area contributed by atoms with Crippen molar-refractivity contribution in [3.05, 3.63) is 58.6 Å². The molecule has 7 nitrogen and oxygen atoms in total. The van der Waals surface area contributed by atoms with Crippen LogP contribution < -0.4 is 10.0 Å². The van der Waals surface area contributed by atoms with Gasteiger partial charge in [-0.2, -0.15) is 0 Å². The summed E-state index contributed by atoms with van der Waals surface area (Å²) in [4.78, 5) is 10.2. The minimum Gasteiger partial charge on any atom is -0.755 e. The lowest BCUT2D eigenvalue weighted by Gasteiger charge is -2.27. The van der Waals surface area contributed by atoms with E-state index in [1.54, 1.807) is 18.2 Å². The van der Waals surface area contributed by atoms with Gasteiger partial charge in [-0.3, -0.25) is 18.6 Å². The van der Waals surface area contributed by atoms with Crippen molar-refractivity contribution >= 4 is 34.0 Å². The van der Waals surface area contributed by atoms with E-state index in [0.29, 0.717) is 0 Å². The molecule has 0 bridgehead atoms. The number of rotatable bonds is 4. The number of hydrogen-bond acceptors (Lipinski definition) is 5. The van der Waals surface area contributed by atoms with E-state index in [1.807, 2.05) is 0 Å². The predicted molar refractivity (Wildman–Crippen MR) is 75.0 cm³/mol. The van der Waals surface area contributed by atoms with Crippen LogP contribution in [0.5, 0.6) is 0 Å². The van der Waals surface area contributed by atoms with Gasteiger partial charge in [0.25, 0.3) is 5.69 Å². The number of nitro benzene ring substituents is 1. The Kier molecular flexibility index (Phi) is 3.97. The van der Waals surface area contributed by atoms with Crippen molar-refractivity contribution in [1.29, 1.82) is 0 Å². The highest BCUT2D eigenvalue weighted by molar-refractivity contribution is 7.81. The molecule has 0 saturated heterocycles. The molecule has 0 amide bonds. The van der Waals surface area contributed by atoms with Crippen LogP contribution in [0.3, 0.4) is 0 Å². The summed E-state index contributed by atoms with van der Waals surface area (Å²) in [5.74, 6) is 0. The number of nitro groups is 1. The Morgan fingerprint density at radius 2 is 1.85 bits per heavy atom. The van der Waals surface area contributed by atoms with Crippen LogP contribution in [0.4, 0.5) is 22.7 Å². The van der Waals surface area contributed by atoms with Gasteiger partial charge in [0.1, 0.15) is 0 Å². The number of hydrogen-bond donors (Lipinski definition) is 1. The highest BCUT2D eigenvalue weighted by Gasteiger charge is 2.15. The minimum absolute atomic E-state index is 0.144. The SMILES string of the molecule is Nc1ccccc1N(c1cccc([N+](=O)[O-])c1)S(=O)[O-]. The average Bonchev–Trinajstić information content (AvgIpc) is 2.41. The number of benzene rings is 2. The van der Waals surface area contributed by atoms with Gasteiger partial charge in [0, 0.05) is 12.1 Å². The number of anilines is 3. The van der Waals surface area contributed by atoms with E-state index in [0.717, 1.165) is 4.31 Å². The highest BCUT2D eigenvalue weighted by atomic mass is 32.2. The Hall–Kier alpha value is -2.45. The second kappa shape index (κ2) is 5.68. The van der Waals surface area contributed by atoms with Crippen molar-refractivity contribution in [1.82, 2.24) is 0 Å². The molecule has 1 unspecified atom stereocenters. The number of para-hydroxylation sites is 2. The molecule has 2 N–H and O–H groups in total. The molecule has 104 valence electrons. The molecule has 0 fully saturated rings. The molecule has 0 radical (unpaired) electrons. The van der Waals surface area contributed by atoms with Crippen molar-refractivity contribution in [2.24, 2.45) is 0 Å². The fourth-order valence-electron chi connectivity index (χ4n) is 1.71. The van der Waals surface area contributed by atoms with E-state index < -0.39 is 16.2 Å².